The monoisotopic (exact) mass is 344 g/mol. The minimum absolute atomic E-state index is 0.281. The molecule has 2 aromatic carbocycles. The van der Waals surface area contributed by atoms with Gasteiger partial charge in [-0.3, -0.25) is 4.79 Å². The number of carbonyl (C=O) groups excluding carboxylic acids is 2. The van der Waals surface area contributed by atoms with Crippen molar-refractivity contribution in [2.24, 2.45) is 5.41 Å². The molecule has 0 aromatic heterocycles. The lowest BCUT2D eigenvalue weighted by molar-refractivity contribution is -0.142. The predicted octanol–water partition coefficient (Wildman–Crippen LogP) is 5.07. The Labute approximate surface area is 146 Å². The summed E-state index contributed by atoms with van der Waals surface area (Å²) in [6.07, 6.45) is 0. The van der Waals surface area contributed by atoms with Crippen LogP contribution in [-0.4, -0.2) is 11.3 Å². The number of rotatable bonds is 4. The second-order valence-corrected chi connectivity index (χ2v) is 7.15. The Morgan fingerprint density at radius 1 is 0.875 bits per heavy atom. The summed E-state index contributed by atoms with van der Waals surface area (Å²) in [6.45, 7) is 5.41. The average Bonchev–Trinajstić information content (AvgIpc) is 2.54. The largest absolute Gasteiger partial charge is 0.426 e. The van der Waals surface area contributed by atoms with Crippen LogP contribution in [0.1, 0.15) is 26.3 Å². The number of hydrogen-bond acceptors (Lipinski definition) is 5. The van der Waals surface area contributed by atoms with Gasteiger partial charge in [-0.2, -0.15) is 0 Å². The smallest absolute Gasteiger partial charge is 0.373 e. The molecule has 0 aliphatic rings. The standard InChI is InChI=1S/C19H20O4S/c1-19(2,3)17(20)22-16-11-9-14(10-12-16)13-24-18(21)23-15-7-5-4-6-8-15/h4-12H,13H2,1-3H3. The minimum Gasteiger partial charge on any atom is -0.426 e. The summed E-state index contributed by atoms with van der Waals surface area (Å²) < 4.78 is 10.5. The Bertz CT molecular complexity index is 688. The summed E-state index contributed by atoms with van der Waals surface area (Å²) >= 11 is 1.08. The third kappa shape index (κ3) is 5.74. The highest BCUT2D eigenvalue weighted by atomic mass is 32.2. The molecule has 126 valence electrons. The molecule has 0 N–H and O–H groups in total. The van der Waals surface area contributed by atoms with Gasteiger partial charge < -0.3 is 9.47 Å². The zero-order valence-corrected chi connectivity index (χ0v) is 14.8. The average molecular weight is 344 g/mol. The van der Waals surface area contributed by atoms with Crippen LogP contribution in [-0.2, 0) is 10.5 Å². The molecule has 0 aliphatic heterocycles. The fraction of sp³-hybridized carbons (Fsp3) is 0.263. The molecule has 2 aromatic rings. The highest BCUT2D eigenvalue weighted by Gasteiger charge is 2.23. The van der Waals surface area contributed by atoms with Crippen molar-refractivity contribution in [3.05, 3.63) is 60.2 Å². The van der Waals surface area contributed by atoms with Crippen LogP contribution in [0.3, 0.4) is 0 Å². The third-order valence-electron chi connectivity index (χ3n) is 3.05. The van der Waals surface area contributed by atoms with E-state index in [1.165, 1.54) is 0 Å². The molecule has 24 heavy (non-hydrogen) atoms. The van der Waals surface area contributed by atoms with Crippen LogP contribution in [0, 0.1) is 5.41 Å². The molecule has 0 saturated carbocycles. The quantitative estimate of drug-likeness (QED) is 0.572. The topological polar surface area (TPSA) is 52.6 Å². The van der Waals surface area contributed by atoms with Crippen molar-refractivity contribution in [3.63, 3.8) is 0 Å². The van der Waals surface area contributed by atoms with Crippen LogP contribution in [0.25, 0.3) is 0 Å². The van der Waals surface area contributed by atoms with E-state index in [2.05, 4.69) is 0 Å². The van der Waals surface area contributed by atoms with Crippen LogP contribution >= 0.6 is 11.8 Å². The van der Waals surface area contributed by atoms with Crippen LogP contribution in [0.2, 0.25) is 0 Å². The Balaban J connectivity index is 1.83. The summed E-state index contributed by atoms with van der Waals surface area (Å²) in [4.78, 5) is 23.6. The van der Waals surface area contributed by atoms with Gasteiger partial charge in [0.2, 0.25) is 0 Å². The van der Waals surface area contributed by atoms with E-state index in [4.69, 9.17) is 9.47 Å². The van der Waals surface area contributed by atoms with Crippen molar-refractivity contribution >= 4 is 23.0 Å². The van der Waals surface area contributed by atoms with Crippen molar-refractivity contribution in [2.45, 2.75) is 26.5 Å². The van der Waals surface area contributed by atoms with Gasteiger partial charge in [0, 0.05) is 5.75 Å². The van der Waals surface area contributed by atoms with Gasteiger partial charge in [-0.25, -0.2) is 4.79 Å². The maximum atomic E-state index is 11.8. The molecule has 0 unspecified atom stereocenters. The summed E-state index contributed by atoms with van der Waals surface area (Å²) in [7, 11) is 0. The summed E-state index contributed by atoms with van der Waals surface area (Å²) in [5.41, 5.74) is 0.399. The number of esters is 1. The van der Waals surface area contributed by atoms with E-state index in [1.807, 2.05) is 30.3 Å². The molecule has 2 rings (SSSR count). The van der Waals surface area contributed by atoms with Crippen molar-refractivity contribution in [3.8, 4) is 11.5 Å². The number of para-hydroxylation sites is 1. The Kier molecular flexibility index (Phi) is 6.04. The van der Waals surface area contributed by atoms with Crippen LogP contribution in [0.5, 0.6) is 11.5 Å². The van der Waals surface area contributed by atoms with Crippen molar-refractivity contribution in [1.29, 1.82) is 0 Å². The van der Waals surface area contributed by atoms with Crippen molar-refractivity contribution in [1.82, 2.24) is 0 Å². The molecule has 4 nitrogen and oxygen atoms in total. The zero-order valence-electron chi connectivity index (χ0n) is 13.9. The van der Waals surface area contributed by atoms with Crippen LogP contribution in [0.4, 0.5) is 4.79 Å². The van der Waals surface area contributed by atoms with Crippen molar-refractivity contribution < 1.29 is 19.1 Å². The van der Waals surface area contributed by atoms with Gasteiger partial charge in [0.15, 0.2) is 0 Å². The molecule has 0 heterocycles. The molecule has 0 spiro atoms. The first-order valence-corrected chi connectivity index (χ1v) is 8.54. The molecule has 0 radical (unpaired) electrons. The van der Waals surface area contributed by atoms with Gasteiger partial charge in [-0.15, -0.1) is 0 Å². The Morgan fingerprint density at radius 2 is 1.46 bits per heavy atom. The molecule has 0 saturated heterocycles. The first kappa shape index (κ1) is 18.1. The number of hydrogen-bond donors (Lipinski definition) is 0. The second kappa shape index (κ2) is 8.02. The Hall–Kier alpha value is -2.27. The van der Waals surface area contributed by atoms with E-state index in [0.29, 0.717) is 17.3 Å². The zero-order chi connectivity index (χ0) is 17.6. The van der Waals surface area contributed by atoms with E-state index >= 15 is 0 Å². The summed E-state index contributed by atoms with van der Waals surface area (Å²) in [5.74, 6) is 1.23. The van der Waals surface area contributed by atoms with E-state index in [1.54, 1.807) is 45.0 Å². The maximum absolute atomic E-state index is 11.8. The summed E-state index contributed by atoms with van der Waals surface area (Å²) in [5, 5.41) is -0.357. The van der Waals surface area contributed by atoms with Gasteiger partial charge in [0.25, 0.3) is 0 Å². The van der Waals surface area contributed by atoms with Gasteiger partial charge in [-0.05, 0) is 62.4 Å². The molecule has 0 bridgehead atoms. The maximum Gasteiger partial charge on any atom is 0.373 e. The molecule has 0 atom stereocenters. The van der Waals surface area contributed by atoms with Gasteiger partial charge >= 0.3 is 11.3 Å². The lowest BCUT2D eigenvalue weighted by atomic mass is 9.97. The summed E-state index contributed by atoms with van der Waals surface area (Å²) in [6, 6.07) is 16.0. The minimum atomic E-state index is -0.546. The molecular weight excluding hydrogens is 324 g/mol. The van der Waals surface area contributed by atoms with Crippen LogP contribution in [0.15, 0.2) is 54.6 Å². The van der Waals surface area contributed by atoms with Gasteiger partial charge in [0.1, 0.15) is 11.5 Å². The fourth-order valence-corrected chi connectivity index (χ4v) is 2.30. The van der Waals surface area contributed by atoms with E-state index in [-0.39, 0.29) is 11.3 Å². The SMILES string of the molecule is CC(C)(C)C(=O)Oc1ccc(CSC(=O)Oc2ccccc2)cc1. The number of benzene rings is 2. The third-order valence-corrected chi connectivity index (χ3v) is 3.84. The first-order valence-electron chi connectivity index (χ1n) is 7.55. The van der Waals surface area contributed by atoms with Gasteiger partial charge in [-0.1, -0.05) is 30.3 Å². The fourth-order valence-electron chi connectivity index (χ4n) is 1.67. The number of carbonyl (C=O) groups is 2. The van der Waals surface area contributed by atoms with E-state index in [9.17, 15) is 9.59 Å². The number of ether oxygens (including phenoxy) is 2. The molecule has 0 fully saturated rings. The highest BCUT2D eigenvalue weighted by Crippen LogP contribution is 2.22. The Morgan fingerprint density at radius 3 is 2.04 bits per heavy atom. The molecular formula is C19H20O4S. The van der Waals surface area contributed by atoms with Crippen molar-refractivity contribution in [2.75, 3.05) is 0 Å². The lowest BCUT2D eigenvalue weighted by Crippen LogP contribution is -2.25. The second-order valence-electron chi connectivity index (χ2n) is 6.24. The molecule has 0 aliphatic carbocycles. The number of thioether (sulfide) groups is 1. The highest BCUT2D eigenvalue weighted by molar-refractivity contribution is 8.12. The van der Waals surface area contributed by atoms with E-state index < -0.39 is 5.41 Å². The predicted molar refractivity (Wildman–Crippen MR) is 95.3 cm³/mol. The lowest BCUT2D eigenvalue weighted by Gasteiger charge is -2.16. The van der Waals surface area contributed by atoms with Gasteiger partial charge in [0.05, 0.1) is 5.41 Å². The van der Waals surface area contributed by atoms with Crippen LogP contribution < -0.4 is 9.47 Å². The molecule has 5 heteroatoms. The molecule has 0 amide bonds. The first-order chi connectivity index (χ1) is 11.3. The normalized spacial score (nSPS) is 11.0. The van der Waals surface area contributed by atoms with E-state index in [0.717, 1.165) is 17.3 Å².